The molecule has 0 saturated carbocycles. The molecule has 0 radical (unpaired) electrons. The average molecular weight is 245 g/mol. The van der Waals surface area contributed by atoms with Gasteiger partial charge >= 0.3 is 0 Å². The Balaban J connectivity index is 2.50. The summed E-state index contributed by atoms with van der Waals surface area (Å²) >= 11 is 5.52. The fraction of sp³-hybridized carbons (Fsp3) is 0.364. The lowest BCUT2D eigenvalue weighted by Gasteiger charge is -2.05. The van der Waals surface area contributed by atoms with Crippen LogP contribution in [-0.4, -0.2) is 26.0 Å². The minimum absolute atomic E-state index is 0.0201. The van der Waals surface area contributed by atoms with Crippen LogP contribution in [0.5, 0.6) is 0 Å². The van der Waals surface area contributed by atoms with Crippen LogP contribution in [0.15, 0.2) is 18.2 Å². The summed E-state index contributed by atoms with van der Waals surface area (Å²) in [5.74, 6) is -0.865. The largest absolute Gasteiger partial charge is 0.352 e. The Morgan fingerprint density at radius 3 is 2.81 bits per heavy atom. The molecule has 3 nitrogen and oxygen atoms in total. The number of nitrogens with one attached hydrogen (secondary N) is 2. The first kappa shape index (κ1) is 12.9. The minimum Gasteiger partial charge on any atom is -0.352 e. The number of hydrogen-bond acceptors (Lipinski definition) is 2. The lowest BCUT2D eigenvalue weighted by atomic mass is 10.2. The van der Waals surface area contributed by atoms with Crippen LogP contribution in [0.25, 0.3) is 0 Å². The van der Waals surface area contributed by atoms with E-state index in [0.29, 0.717) is 6.54 Å². The van der Waals surface area contributed by atoms with Crippen molar-refractivity contribution in [3.8, 4) is 0 Å². The SMILES string of the molecule is CNCCCNC(=O)c1ccc(Cl)c(F)c1. The van der Waals surface area contributed by atoms with E-state index in [-0.39, 0.29) is 16.5 Å². The summed E-state index contributed by atoms with van der Waals surface area (Å²) in [5, 5.41) is 5.68. The zero-order chi connectivity index (χ0) is 12.0. The van der Waals surface area contributed by atoms with Gasteiger partial charge in [0.1, 0.15) is 5.82 Å². The molecule has 0 aliphatic rings. The normalized spacial score (nSPS) is 10.2. The molecule has 0 aromatic heterocycles. The first-order valence-electron chi connectivity index (χ1n) is 5.03. The molecule has 0 fully saturated rings. The molecule has 1 aromatic carbocycles. The van der Waals surface area contributed by atoms with E-state index in [4.69, 9.17) is 11.6 Å². The second-order valence-corrected chi connectivity index (χ2v) is 3.75. The third kappa shape index (κ3) is 3.79. The monoisotopic (exact) mass is 244 g/mol. The summed E-state index contributed by atoms with van der Waals surface area (Å²) in [6.45, 7) is 1.39. The highest BCUT2D eigenvalue weighted by Gasteiger charge is 2.07. The van der Waals surface area contributed by atoms with Crippen molar-refractivity contribution in [3.63, 3.8) is 0 Å². The van der Waals surface area contributed by atoms with Gasteiger partial charge in [0.2, 0.25) is 0 Å². The van der Waals surface area contributed by atoms with Crippen LogP contribution in [0.3, 0.4) is 0 Å². The van der Waals surface area contributed by atoms with Crippen molar-refractivity contribution in [3.05, 3.63) is 34.6 Å². The molecule has 1 aromatic rings. The quantitative estimate of drug-likeness (QED) is 0.776. The predicted molar refractivity (Wildman–Crippen MR) is 62.3 cm³/mol. The van der Waals surface area contributed by atoms with E-state index in [9.17, 15) is 9.18 Å². The number of hydrogen-bond donors (Lipinski definition) is 2. The number of carbonyl (C=O) groups is 1. The standard InChI is InChI=1S/C11H14ClFN2O/c1-14-5-2-6-15-11(16)8-3-4-9(12)10(13)7-8/h3-4,7,14H,2,5-6H2,1H3,(H,15,16). The van der Waals surface area contributed by atoms with Crippen molar-refractivity contribution < 1.29 is 9.18 Å². The number of carbonyl (C=O) groups excluding carboxylic acids is 1. The van der Waals surface area contributed by atoms with Gasteiger partial charge in [-0.2, -0.15) is 0 Å². The lowest BCUT2D eigenvalue weighted by Crippen LogP contribution is -2.26. The van der Waals surface area contributed by atoms with Crippen LogP contribution in [0.1, 0.15) is 16.8 Å². The molecule has 5 heteroatoms. The molecule has 1 rings (SSSR count). The van der Waals surface area contributed by atoms with Crippen LogP contribution in [0.4, 0.5) is 4.39 Å². The molecule has 0 saturated heterocycles. The van der Waals surface area contributed by atoms with Gasteiger partial charge in [-0.1, -0.05) is 11.6 Å². The molecular formula is C11H14ClFN2O. The summed E-state index contributed by atoms with van der Waals surface area (Å²) in [5.41, 5.74) is 0.284. The van der Waals surface area contributed by atoms with E-state index >= 15 is 0 Å². The van der Waals surface area contributed by atoms with Crippen molar-refractivity contribution in [1.82, 2.24) is 10.6 Å². The molecule has 0 atom stereocenters. The zero-order valence-corrected chi connectivity index (χ0v) is 9.77. The highest BCUT2D eigenvalue weighted by molar-refractivity contribution is 6.30. The van der Waals surface area contributed by atoms with Crippen LogP contribution < -0.4 is 10.6 Å². The summed E-state index contributed by atoms with van der Waals surface area (Å²) in [6.07, 6.45) is 0.832. The summed E-state index contributed by atoms with van der Waals surface area (Å²) in [4.78, 5) is 11.5. The highest BCUT2D eigenvalue weighted by atomic mass is 35.5. The topological polar surface area (TPSA) is 41.1 Å². The lowest BCUT2D eigenvalue weighted by molar-refractivity contribution is 0.0953. The molecular weight excluding hydrogens is 231 g/mol. The fourth-order valence-electron chi connectivity index (χ4n) is 1.21. The van der Waals surface area contributed by atoms with Crippen LogP contribution in [-0.2, 0) is 0 Å². The molecule has 0 heterocycles. The van der Waals surface area contributed by atoms with Crippen molar-refractivity contribution in [1.29, 1.82) is 0 Å². The Bertz CT molecular complexity index is 371. The van der Waals surface area contributed by atoms with E-state index < -0.39 is 5.82 Å². The molecule has 0 aliphatic heterocycles. The van der Waals surface area contributed by atoms with Crippen molar-refractivity contribution in [2.24, 2.45) is 0 Å². The van der Waals surface area contributed by atoms with Crippen LogP contribution in [0, 0.1) is 5.82 Å². The Morgan fingerprint density at radius 2 is 2.19 bits per heavy atom. The number of halogens is 2. The maximum Gasteiger partial charge on any atom is 0.251 e. The van der Waals surface area contributed by atoms with Gasteiger partial charge in [-0.15, -0.1) is 0 Å². The van der Waals surface area contributed by atoms with Gasteiger partial charge in [-0.25, -0.2) is 4.39 Å². The smallest absolute Gasteiger partial charge is 0.251 e. The van der Waals surface area contributed by atoms with Gasteiger partial charge in [-0.05, 0) is 38.2 Å². The molecule has 0 aliphatic carbocycles. The van der Waals surface area contributed by atoms with Gasteiger partial charge in [0.05, 0.1) is 5.02 Å². The summed E-state index contributed by atoms with van der Waals surface area (Å²) in [7, 11) is 1.84. The van der Waals surface area contributed by atoms with Crippen LogP contribution >= 0.6 is 11.6 Å². The number of amides is 1. The fourth-order valence-corrected chi connectivity index (χ4v) is 1.32. The van der Waals surface area contributed by atoms with E-state index in [1.165, 1.54) is 12.1 Å². The number of rotatable bonds is 5. The number of benzene rings is 1. The zero-order valence-electron chi connectivity index (χ0n) is 9.02. The van der Waals surface area contributed by atoms with E-state index in [1.54, 1.807) is 0 Å². The van der Waals surface area contributed by atoms with Crippen molar-refractivity contribution >= 4 is 17.5 Å². The second kappa shape index (κ2) is 6.45. The van der Waals surface area contributed by atoms with Gasteiger partial charge in [0.25, 0.3) is 5.91 Å². The highest BCUT2D eigenvalue weighted by Crippen LogP contribution is 2.15. The maximum atomic E-state index is 13.1. The van der Waals surface area contributed by atoms with Gasteiger partial charge in [0, 0.05) is 12.1 Å². The molecule has 0 bridgehead atoms. The van der Waals surface area contributed by atoms with Gasteiger partial charge < -0.3 is 10.6 Å². The van der Waals surface area contributed by atoms with Gasteiger partial charge in [0.15, 0.2) is 0 Å². The predicted octanol–water partition coefficient (Wildman–Crippen LogP) is 1.82. The first-order valence-corrected chi connectivity index (χ1v) is 5.41. The Labute approximate surface area is 99.0 Å². The Morgan fingerprint density at radius 1 is 1.44 bits per heavy atom. The molecule has 88 valence electrons. The minimum atomic E-state index is -0.579. The first-order chi connectivity index (χ1) is 7.65. The molecule has 0 unspecified atom stereocenters. The van der Waals surface area contributed by atoms with E-state index in [2.05, 4.69) is 10.6 Å². The van der Waals surface area contributed by atoms with E-state index in [1.807, 2.05) is 7.05 Å². The third-order valence-corrected chi connectivity index (χ3v) is 2.38. The molecule has 2 N–H and O–H groups in total. The molecule has 16 heavy (non-hydrogen) atoms. The van der Waals surface area contributed by atoms with Crippen molar-refractivity contribution in [2.45, 2.75) is 6.42 Å². The van der Waals surface area contributed by atoms with Gasteiger partial charge in [-0.3, -0.25) is 4.79 Å². The summed E-state index contributed by atoms with van der Waals surface area (Å²) < 4.78 is 13.1. The second-order valence-electron chi connectivity index (χ2n) is 3.34. The third-order valence-electron chi connectivity index (χ3n) is 2.07. The molecule has 1 amide bonds. The summed E-state index contributed by atoms with van der Waals surface area (Å²) in [6, 6.07) is 4.01. The van der Waals surface area contributed by atoms with E-state index in [0.717, 1.165) is 19.0 Å². The van der Waals surface area contributed by atoms with Crippen molar-refractivity contribution in [2.75, 3.05) is 20.1 Å². The Kier molecular flexibility index (Phi) is 5.22. The molecule has 0 spiro atoms. The van der Waals surface area contributed by atoms with Crippen LogP contribution in [0.2, 0.25) is 5.02 Å². The Hall–Kier alpha value is -1.13. The average Bonchev–Trinajstić information content (AvgIpc) is 2.28. The maximum absolute atomic E-state index is 13.1.